The number of hydrogen-bond acceptors (Lipinski definition) is 7. The second-order valence-corrected chi connectivity index (χ2v) is 10.1. The van der Waals surface area contributed by atoms with Gasteiger partial charge in [-0.3, -0.25) is 14.2 Å². The number of fused-ring (bicyclic) bond motifs is 1. The number of nitrogens with one attached hydrogen (secondary N) is 1. The summed E-state index contributed by atoms with van der Waals surface area (Å²) >= 11 is 8.83. The van der Waals surface area contributed by atoms with Crippen LogP contribution in [0.3, 0.4) is 0 Å². The number of halogens is 1. The third-order valence-electron chi connectivity index (χ3n) is 5.42. The molecule has 1 N–H and O–H groups in total. The second kappa shape index (κ2) is 10.2. The fourth-order valence-electron chi connectivity index (χ4n) is 3.69. The standard InChI is InChI=1S/C22H26ClN5O2S2/c1-3-10-28-20(30)18-19(25-21(32-18)27-11-5-4-6-12-27)26-22(28)31-13-17(29)24-16-9-7-8-15(23)14(16)2/h7-9H,3-6,10-13H2,1-2H3,(H,24,29). The highest BCUT2D eigenvalue weighted by atomic mass is 35.5. The maximum Gasteiger partial charge on any atom is 0.273 e. The predicted octanol–water partition coefficient (Wildman–Crippen LogP) is 4.95. The summed E-state index contributed by atoms with van der Waals surface area (Å²) < 4.78 is 2.26. The van der Waals surface area contributed by atoms with Crippen molar-refractivity contribution < 1.29 is 4.79 Å². The highest BCUT2D eigenvalue weighted by Crippen LogP contribution is 2.29. The molecular formula is C22H26ClN5O2S2. The Morgan fingerprint density at radius 2 is 2.03 bits per heavy atom. The van der Waals surface area contributed by atoms with E-state index in [1.165, 1.54) is 29.5 Å². The molecule has 1 aliphatic heterocycles. The van der Waals surface area contributed by atoms with Crippen LogP contribution in [0, 0.1) is 6.92 Å². The molecule has 0 aliphatic carbocycles. The Morgan fingerprint density at radius 3 is 2.78 bits per heavy atom. The van der Waals surface area contributed by atoms with Gasteiger partial charge in [0.05, 0.1) is 5.75 Å². The van der Waals surface area contributed by atoms with Gasteiger partial charge >= 0.3 is 0 Å². The van der Waals surface area contributed by atoms with Gasteiger partial charge in [0.2, 0.25) is 5.91 Å². The third-order valence-corrected chi connectivity index (χ3v) is 7.90. The molecule has 2 aromatic heterocycles. The number of amides is 1. The molecular weight excluding hydrogens is 466 g/mol. The number of carbonyl (C=O) groups is 1. The Bertz CT molecular complexity index is 1190. The molecule has 0 spiro atoms. The van der Waals surface area contributed by atoms with E-state index in [1.807, 2.05) is 19.9 Å². The number of piperidine rings is 1. The summed E-state index contributed by atoms with van der Waals surface area (Å²) in [4.78, 5) is 37.4. The van der Waals surface area contributed by atoms with Crippen LogP contribution < -0.4 is 15.8 Å². The van der Waals surface area contributed by atoms with E-state index < -0.39 is 0 Å². The average molecular weight is 492 g/mol. The van der Waals surface area contributed by atoms with E-state index in [4.69, 9.17) is 11.6 Å². The van der Waals surface area contributed by atoms with Crippen molar-refractivity contribution in [1.29, 1.82) is 0 Å². The molecule has 7 nitrogen and oxygen atoms in total. The molecule has 0 atom stereocenters. The zero-order chi connectivity index (χ0) is 22.7. The molecule has 0 bridgehead atoms. The van der Waals surface area contributed by atoms with Crippen LogP contribution in [0.2, 0.25) is 5.02 Å². The van der Waals surface area contributed by atoms with E-state index in [2.05, 4.69) is 20.2 Å². The van der Waals surface area contributed by atoms with Crippen molar-refractivity contribution in [3.8, 4) is 0 Å². The molecule has 1 fully saturated rings. The molecule has 3 heterocycles. The van der Waals surface area contributed by atoms with Crippen LogP contribution in [0.4, 0.5) is 10.8 Å². The van der Waals surface area contributed by atoms with E-state index in [0.29, 0.717) is 32.8 Å². The maximum absolute atomic E-state index is 13.2. The summed E-state index contributed by atoms with van der Waals surface area (Å²) in [6.45, 7) is 6.37. The maximum atomic E-state index is 13.2. The first-order chi connectivity index (χ1) is 15.5. The minimum atomic E-state index is -0.176. The Morgan fingerprint density at radius 1 is 1.25 bits per heavy atom. The number of carbonyl (C=O) groups excluding carboxylic acids is 1. The molecule has 4 rings (SSSR count). The van der Waals surface area contributed by atoms with Gasteiger partial charge in [-0.1, -0.05) is 47.7 Å². The van der Waals surface area contributed by atoms with Gasteiger partial charge in [0.25, 0.3) is 5.56 Å². The van der Waals surface area contributed by atoms with Gasteiger partial charge in [-0.15, -0.1) is 0 Å². The van der Waals surface area contributed by atoms with Crippen LogP contribution in [0.25, 0.3) is 10.3 Å². The second-order valence-electron chi connectivity index (χ2n) is 7.80. The van der Waals surface area contributed by atoms with E-state index >= 15 is 0 Å². The van der Waals surface area contributed by atoms with Gasteiger partial charge in [-0.25, -0.2) is 4.98 Å². The largest absolute Gasteiger partial charge is 0.348 e. The number of thioether (sulfide) groups is 1. The lowest BCUT2D eigenvalue weighted by molar-refractivity contribution is -0.113. The summed E-state index contributed by atoms with van der Waals surface area (Å²) in [5.41, 5.74) is 1.90. The van der Waals surface area contributed by atoms with Crippen LogP contribution >= 0.6 is 34.7 Å². The number of anilines is 2. The first-order valence-corrected chi connectivity index (χ1v) is 13.0. The van der Waals surface area contributed by atoms with Gasteiger partial charge < -0.3 is 10.2 Å². The van der Waals surface area contributed by atoms with E-state index in [-0.39, 0.29) is 17.2 Å². The van der Waals surface area contributed by atoms with Crippen LogP contribution in [-0.4, -0.2) is 39.3 Å². The summed E-state index contributed by atoms with van der Waals surface area (Å²) in [5.74, 6) is -0.0402. The molecule has 32 heavy (non-hydrogen) atoms. The van der Waals surface area contributed by atoms with Gasteiger partial charge in [-0.2, -0.15) is 4.98 Å². The first kappa shape index (κ1) is 23.1. The third kappa shape index (κ3) is 4.94. The Hall–Kier alpha value is -2.10. The lowest BCUT2D eigenvalue weighted by atomic mass is 10.1. The number of benzene rings is 1. The number of rotatable bonds is 7. The van der Waals surface area contributed by atoms with Crippen molar-refractivity contribution in [3.63, 3.8) is 0 Å². The van der Waals surface area contributed by atoms with E-state index in [9.17, 15) is 9.59 Å². The highest BCUT2D eigenvalue weighted by Gasteiger charge is 2.20. The van der Waals surface area contributed by atoms with Crippen molar-refractivity contribution in [2.75, 3.05) is 29.1 Å². The first-order valence-electron chi connectivity index (χ1n) is 10.8. The molecule has 1 aliphatic rings. The summed E-state index contributed by atoms with van der Waals surface area (Å²) in [6.07, 6.45) is 4.32. The molecule has 1 saturated heterocycles. The van der Waals surface area contributed by atoms with Gasteiger partial charge in [0.15, 0.2) is 15.9 Å². The minimum Gasteiger partial charge on any atom is -0.348 e. The summed E-state index contributed by atoms with van der Waals surface area (Å²) in [5, 5.41) is 4.89. The van der Waals surface area contributed by atoms with E-state index in [1.54, 1.807) is 16.7 Å². The van der Waals surface area contributed by atoms with Crippen molar-refractivity contribution in [3.05, 3.63) is 39.1 Å². The number of aromatic nitrogens is 3. The summed E-state index contributed by atoms with van der Waals surface area (Å²) in [7, 11) is 0. The molecule has 170 valence electrons. The van der Waals surface area contributed by atoms with Crippen LogP contribution in [0.15, 0.2) is 28.2 Å². The van der Waals surface area contributed by atoms with Gasteiger partial charge in [0, 0.05) is 30.3 Å². The SMILES string of the molecule is CCCn1c(SCC(=O)Nc2cccc(Cl)c2C)nc2nc(N3CCCCC3)sc2c1=O. The molecule has 0 unspecified atom stereocenters. The Labute approximate surface area is 200 Å². The van der Waals surface area contributed by atoms with Crippen LogP contribution in [0.1, 0.15) is 38.2 Å². The van der Waals surface area contributed by atoms with Crippen molar-refractivity contribution in [1.82, 2.24) is 14.5 Å². The van der Waals surface area contributed by atoms with Crippen molar-refractivity contribution in [2.45, 2.75) is 51.2 Å². The Kier molecular flexibility index (Phi) is 7.37. The molecule has 10 heteroatoms. The zero-order valence-electron chi connectivity index (χ0n) is 18.2. The highest BCUT2D eigenvalue weighted by molar-refractivity contribution is 7.99. The average Bonchev–Trinajstić information content (AvgIpc) is 3.23. The van der Waals surface area contributed by atoms with Crippen LogP contribution in [-0.2, 0) is 11.3 Å². The lowest BCUT2D eigenvalue weighted by Crippen LogP contribution is -2.29. The minimum absolute atomic E-state index is 0.0776. The zero-order valence-corrected chi connectivity index (χ0v) is 20.6. The number of thiazole rings is 1. The van der Waals surface area contributed by atoms with E-state index in [0.717, 1.165) is 43.0 Å². The number of hydrogen-bond donors (Lipinski definition) is 1. The topological polar surface area (TPSA) is 80.1 Å². The monoisotopic (exact) mass is 491 g/mol. The van der Waals surface area contributed by atoms with Crippen LogP contribution in [0.5, 0.6) is 0 Å². The lowest BCUT2D eigenvalue weighted by Gasteiger charge is -2.25. The van der Waals surface area contributed by atoms with Crippen molar-refractivity contribution >= 4 is 61.8 Å². The molecule has 1 amide bonds. The quantitative estimate of drug-likeness (QED) is 0.372. The fourth-order valence-corrected chi connectivity index (χ4v) is 5.68. The molecule has 0 saturated carbocycles. The molecule has 1 aromatic carbocycles. The normalized spacial score (nSPS) is 14.2. The fraction of sp³-hybridized carbons (Fsp3) is 0.455. The van der Waals surface area contributed by atoms with Gasteiger partial charge in [-0.05, 0) is 50.3 Å². The predicted molar refractivity (Wildman–Crippen MR) is 134 cm³/mol. The van der Waals surface area contributed by atoms with Crippen molar-refractivity contribution in [2.24, 2.45) is 0 Å². The number of nitrogens with zero attached hydrogens (tertiary/aromatic N) is 4. The van der Waals surface area contributed by atoms with Gasteiger partial charge in [0.1, 0.15) is 4.70 Å². The summed E-state index contributed by atoms with van der Waals surface area (Å²) in [6, 6.07) is 5.41. The molecule has 3 aromatic rings. The Balaban J connectivity index is 1.56. The smallest absolute Gasteiger partial charge is 0.273 e. The molecule has 0 radical (unpaired) electrons.